The van der Waals surface area contributed by atoms with Crippen LogP contribution in [-0.2, 0) is 4.74 Å². The Labute approximate surface area is 147 Å². The first-order valence-electron chi connectivity index (χ1n) is 8.40. The fourth-order valence-corrected chi connectivity index (χ4v) is 3.29. The second-order valence-corrected chi connectivity index (χ2v) is 6.44. The fourth-order valence-electron chi connectivity index (χ4n) is 3.07. The van der Waals surface area contributed by atoms with Gasteiger partial charge in [-0.2, -0.15) is 0 Å². The average molecular weight is 348 g/mol. The van der Waals surface area contributed by atoms with Crippen molar-refractivity contribution in [1.82, 2.24) is 4.90 Å². The minimum absolute atomic E-state index is 0.208. The number of halogens is 1. The third-order valence-electron chi connectivity index (χ3n) is 4.45. The van der Waals surface area contributed by atoms with Gasteiger partial charge in [0, 0.05) is 28.9 Å². The number of nitrogens with zero attached hydrogens (tertiary/aromatic N) is 1. The zero-order valence-corrected chi connectivity index (χ0v) is 14.6. The molecule has 4 nitrogen and oxygen atoms in total. The lowest BCUT2D eigenvalue weighted by atomic mass is 9.98. The normalized spacial score (nSPS) is 15.5. The second-order valence-electron chi connectivity index (χ2n) is 6.03. The van der Waals surface area contributed by atoms with Gasteiger partial charge in [-0.15, -0.1) is 0 Å². The van der Waals surface area contributed by atoms with Crippen LogP contribution < -0.4 is 4.74 Å². The van der Waals surface area contributed by atoms with Crippen LogP contribution in [0.2, 0.25) is 5.02 Å². The maximum Gasteiger partial charge on any atom is 0.409 e. The van der Waals surface area contributed by atoms with Crippen LogP contribution in [0.3, 0.4) is 0 Å². The van der Waals surface area contributed by atoms with Crippen molar-refractivity contribution in [3.05, 3.63) is 41.4 Å². The Bertz CT molecular complexity index is 711. The van der Waals surface area contributed by atoms with E-state index >= 15 is 0 Å². The van der Waals surface area contributed by atoms with Gasteiger partial charge in [-0.25, -0.2) is 4.79 Å². The number of likely N-dealkylation sites (tertiary alicyclic amines) is 1. The van der Waals surface area contributed by atoms with E-state index in [2.05, 4.69) is 0 Å². The second kappa shape index (κ2) is 7.75. The summed E-state index contributed by atoms with van der Waals surface area (Å²) >= 11 is 6.24. The quantitative estimate of drug-likeness (QED) is 0.801. The summed E-state index contributed by atoms with van der Waals surface area (Å²) in [7, 11) is 0. The van der Waals surface area contributed by atoms with Crippen molar-refractivity contribution < 1.29 is 14.3 Å². The van der Waals surface area contributed by atoms with Crippen molar-refractivity contribution in [3.63, 3.8) is 0 Å². The number of amides is 1. The lowest BCUT2D eigenvalue weighted by molar-refractivity contribution is 0.0846. The van der Waals surface area contributed by atoms with Gasteiger partial charge in [-0.3, -0.25) is 0 Å². The number of carbonyl (C=O) groups is 1. The fraction of sp³-hybridized carbons (Fsp3) is 0.421. The monoisotopic (exact) mass is 347 g/mol. The maximum absolute atomic E-state index is 11.7. The molecule has 1 heterocycles. The van der Waals surface area contributed by atoms with E-state index in [0.29, 0.717) is 19.1 Å². The van der Waals surface area contributed by atoms with Crippen LogP contribution in [0.1, 0.15) is 19.8 Å². The van der Waals surface area contributed by atoms with E-state index in [-0.39, 0.29) is 6.09 Å². The number of rotatable bonds is 4. The van der Waals surface area contributed by atoms with Gasteiger partial charge >= 0.3 is 6.09 Å². The first-order chi connectivity index (χ1) is 11.7. The topological polar surface area (TPSA) is 38.8 Å². The molecule has 0 aromatic heterocycles. The summed E-state index contributed by atoms with van der Waals surface area (Å²) in [5, 5.41) is 2.78. The summed E-state index contributed by atoms with van der Waals surface area (Å²) in [5.74, 6) is 1.31. The smallest absolute Gasteiger partial charge is 0.409 e. The molecule has 1 aliphatic heterocycles. The van der Waals surface area contributed by atoms with E-state index in [0.717, 1.165) is 47.5 Å². The molecule has 5 heteroatoms. The van der Waals surface area contributed by atoms with Crippen molar-refractivity contribution in [2.24, 2.45) is 5.92 Å². The molecular weight excluding hydrogens is 326 g/mol. The van der Waals surface area contributed by atoms with Gasteiger partial charge < -0.3 is 14.4 Å². The van der Waals surface area contributed by atoms with E-state index in [1.165, 1.54) is 0 Å². The van der Waals surface area contributed by atoms with E-state index in [9.17, 15) is 4.79 Å². The number of benzene rings is 2. The van der Waals surface area contributed by atoms with Gasteiger partial charge in [0.25, 0.3) is 0 Å². The van der Waals surface area contributed by atoms with Crippen molar-refractivity contribution in [1.29, 1.82) is 0 Å². The number of piperidine rings is 1. The Balaban J connectivity index is 1.58. The Kier molecular flexibility index (Phi) is 5.46. The third kappa shape index (κ3) is 3.75. The summed E-state index contributed by atoms with van der Waals surface area (Å²) in [5.41, 5.74) is 0. The number of ether oxygens (including phenoxy) is 2. The molecule has 1 aliphatic rings. The summed E-state index contributed by atoms with van der Waals surface area (Å²) in [6.45, 7) is 4.37. The van der Waals surface area contributed by atoms with Crippen LogP contribution in [0.15, 0.2) is 36.4 Å². The molecule has 0 bridgehead atoms. The van der Waals surface area contributed by atoms with E-state index in [1.807, 2.05) is 43.3 Å². The summed E-state index contributed by atoms with van der Waals surface area (Å²) in [6, 6.07) is 11.8. The van der Waals surface area contributed by atoms with Gasteiger partial charge in [-0.05, 0) is 37.8 Å². The molecule has 1 saturated heterocycles. The standard InChI is InChI=1S/C19H22ClNO3/c1-2-23-19(22)21-11-9-14(10-12-21)13-24-18-8-7-17(20)15-5-3-4-6-16(15)18/h3-8,14H,2,9-13H2,1H3. The summed E-state index contributed by atoms with van der Waals surface area (Å²) in [4.78, 5) is 13.5. The number of fused-ring (bicyclic) bond motifs is 1. The molecule has 2 aromatic carbocycles. The predicted molar refractivity (Wildman–Crippen MR) is 95.8 cm³/mol. The first-order valence-corrected chi connectivity index (χ1v) is 8.78. The molecule has 24 heavy (non-hydrogen) atoms. The molecule has 1 fully saturated rings. The highest BCUT2D eigenvalue weighted by Crippen LogP contribution is 2.32. The zero-order chi connectivity index (χ0) is 16.9. The van der Waals surface area contributed by atoms with Crippen molar-refractivity contribution in [3.8, 4) is 5.75 Å². The largest absolute Gasteiger partial charge is 0.493 e. The van der Waals surface area contributed by atoms with Gasteiger partial charge in [-0.1, -0.05) is 35.9 Å². The molecule has 1 amide bonds. The Morgan fingerprint density at radius 3 is 2.58 bits per heavy atom. The number of hydrogen-bond acceptors (Lipinski definition) is 3. The van der Waals surface area contributed by atoms with Crippen LogP contribution in [-0.4, -0.2) is 37.3 Å². The Hall–Kier alpha value is -1.94. The van der Waals surface area contributed by atoms with Crippen LogP contribution >= 0.6 is 11.6 Å². The predicted octanol–water partition coefficient (Wildman–Crippen LogP) is 4.74. The molecule has 3 rings (SSSR count). The highest BCUT2D eigenvalue weighted by Gasteiger charge is 2.24. The number of carbonyl (C=O) groups excluding carboxylic acids is 1. The van der Waals surface area contributed by atoms with Crippen molar-refractivity contribution in [2.75, 3.05) is 26.3 Å². The SMILES string of the molecule is CCOC(=O)N1CCC(COc2ccc(Cl)c3ccccc23)CC1. The number of hydrogen-bond donors (Lipinski definition) is 0. The molecule has 0 saturated carbocycles. The van der Waals surface area contributed by atoms with Crippen LogP contribution in [0.5, 0.6) is 5.75 Å². The van der Waals surface area contributed by atoms with Crippen molar-refractivity contribution >= 4 is 28.5 Å². The molecular formula is C19H22ClNO3. The van der Waals surface area contributed by atoms with Gasteiger partial charge in [0.2, 0.25) is 0 Å². The molecule has 0 N–H and O–H groups in total. The van der Waals surface area contributed by atoms with E-state index in [1.54, 1.807) is 4.90 Å². The maximum atomic E-state index is 11.7. The lowest BCUT2D eigenvalue weighted by Gasteiger charge is -2.31. The Morgan fingerprint density at radius 2 is 1.88 bits per heavy atom. The lowest BCUT2D eigenvalue weighted by Crippen LogP contribution is -2.40. The van der Waals surface area contributed by atoms with Crippen LogP contribution in [0, 0.1) is 5.92 Å². The minimum Gasteiger partial charge on any atom is -0.493 e. The highest BCUT2D eigenvalue weighted by atomic mass is 35.5. The van der Waals surface area contributed by atoms with Crippen molar-refractivity contribution in [2.45, 2.75) is 19.8 Å². The summed E-state index contributed by atoms with van der Waals surface area (Å²) in [6.07, 6.45) is 1.66. The van der Waals surface area contributed by atoms with E-state index < -0.39 is 0 Å². The highest BCUT2D eigenvalue weighted by molar-refractivity contribution is 6.35. The molecule has 0 radical (unpaired) electrons. The molecule has 0 unspecified atom stereocenters. The van der Waals surface area contributed by atoms with Crippen LogP contribution in [0.4, 0.5) is 4.79 Å². The van der Waals surface area contributed by atoms with Gasteiger partial charge in [0.15, 0.2) is 0 Å². The molecule has 0 spiro atoms. The first kappa shape index (κ1) is 16.9. The minimum atomic E-state index is -0.208. The molecule has 0 aliphatic carbocycles. The molecule has 0 atom stereocenters. The van der Waals surface area contributed by atoms with E-state index in [4.69, 9.17) is 21.1 Å². The summed E-state index contributed by atoms with van der Waals surface area (Å²) < 4.78 is 11.1. The van der Waals surface area contributed by atoms with Crippen LogP contribution in [0.25, 0.3) is 10.8 Å². The Morgan fingerprint density at radius 1 is 1.17 bits per heavy atom. The molecule has 2 aromatic rings. The zero-order valence-electron chi connectivity index (χ0n) is 13.8. The van der Waals surface area contributed by atoms with Gasteiger partial charge in [0.1, 0.15) is 5.75 Å². The van der Waals surface area contributed by atoms with Gasteiger partial charge in [0.05, 0.1) is 13.2 Å². The third-order valence-corrected chi connectivity index (χ3v) is 4.78. The average Bonchev–Trinajstić information content (AvgIpc) is 2.62. The molecule has 128 valence electrons.